The highest BCUT2D eigenvalue weighted by molar-refractivity contribution is 5.95. The van der Waals surface area contributed by atoms with Gasteiger partial charge in [-0.15, -0.1) is 0 Å². The van der Waals surface area contributed by atoms with Crippen LogP contribution in [0.5, 0.6) is 5.75 Å². The monoisotopic (exact) mass is 618 g/mol. The lowest BCUT2D eigenvalue weighted by atomic mass is 10.0. The van der Waals surface area contributed by atoms with Crippen LogP contribution < -0.4 is 27.4 Å². The molecule has 45 heavy (non-hydrogen) atoms. The molecular formula is C30H34N8O7. The summed E-state index contributed by atoms with van der Waals surface area (Å²) in [5.41, 5.74) is 13.9. The summed E-state index contributed by atoms with van der Waals surface area (Å²) in [4.78, 5) is 73.4. The summed E-state index contributed by atoms with van der Waals surface area (Å²) >= 11 is 0. The van der Waals surface area contributed by atoms with Crippen LogP contribution in [0.2, 0.25) is 0 Å². The first-order valence-electron chi connectivity index (χ1n) is 14.0. The topological polar surface area (TPSA) is 258 Å². The number of H-pyrrole nitrogens is 2. The van der Waals surface area contributed by atoms with Gasteiger partial charge in [-0.3, -0.25) is 19.2 Å². The van der Waals surface area contributed by atoms with Gasteiger partial charge in [-0.25, -0.2) is 9.78 Å². The minimum Gasteiger partial charge on any atom is -0.508 e. The zero-order valence-corrected chi connectivity index (χ0v) is 24.0. The van der Waals surface area contributed by atoms with Crippen LogP contribution in [-0.4, -0.2) is 78.9 Å². The summed E-state index contributed by atoms with van der Waals surface area (Å²) in [6, 6.07) is 7.98. The molecule has 2 heterocycles. The number of rotatable bonds is 15. The average molecular weight is 619 g/mol. The fraction of sp³-hybridized carbons (Fsp3) is 0.267. The summed E-state index contributed by atoms with van der Waals surface area (Å²) in [6.07, 6.45) is 4.04. The van der Waals surface area contributed by atoms with Crippen molar-refractivity contribution in [2.75, 3.05) is 0 Å². The van der Waals surface area contributed by atoms with Crippen LogP contribution in [0.1, 0.15) is 23.2 Å². The molecule has 4 aromatic rings. The van der Waals surface area contributed by atoms with Crippen LogP contribution in [0.25, 0.3) is 10.9 Å². The number of primary amides is 1. The maximum absolute atomic E-state index is 13.8. The number of hydrogen-bond acceptors (Lipinski definition) is 8. The van der Waals surface area contributed by atoms with Crippen LogP contribution in [0.15, 0.2) is 67.3 Å². The number of aliphatic carboxylic acids is 1. The zero-order valence-electron chi connectivity index (χ0n) is 24.0. The van der Waals surface area contributed by atoms with Crippen molar-refractivity contribution in [2.24, 2.45) is 11.5 Å². The van der Waals surface area contributed by atoms with Crippen molar-refractivity contribution in [2.45, 2.75) is 49.9 Å². The number of amides is 4. The van der Waals surface area contributed by atoms with E-state index in [1.54, 1.807) is 6.20 Å². The van der Waals surface area contributed by atoms with E-state index in [0.29, 0.717) is 16.8 Å². The lowest BCUT2D eigenvalue weighted by Gasteiger charge is -2.25. The van der Waals surface area contributed by atoms with Crippen molar-refractivity contribution < 1.29 is 34.2 Å². The number of carbonyl (C=O) groups excluding carboxylic acids is 4. The molecule has 11 N–H and O–H groups in total. The molecule has 4 atom stereocenters. The van der Waals surface area contributed by atoms with E-state index in [0.717, 1.165) is 10.9 Å². The number of fused-ring (bicyclic) bond motifs is 1. The molecule has 15 heteroatoms. The number of phenols is 1. The molecule has 0 saturated carbocycles. The number of carboxylic acid groups (broad SMARTS) is 1. The number of aromatic nitrogens is 3. The Kier molecular flexibility index (Phi) is 10.5. The molecule has 0 radical (unpaired) electrons. The van der Waals surface area contributed by atoms with Crippen molar-refractivity contribution in [3.8, 4) is 5.75 Å². The van der Waals surface area contributed by atoms with Gasteiger partial charge in [-0.2, -0.15) is 0 Å². The third kappa shape index (κ3) is 8.90. The summed E-state index contributed by atoms with van der Waals surface area (Å²) in [7, 11) is 0. The average Bonchev–Trinajstić information content (AvgIpc) is 3.67. The van der Waals surface area contributed by atoms with E-state index >= 15 is 0 Å². The number of nitrogens with two attached hydrogens (primary N) is 2. The fourth-order valence-electron chi connectivity index (χ4n) is 4.76. The van der Waals surface area contributed by atoms with Crippen molar-refractivity contribution in [1.82, 2.24) is 30.9 Å². The largest absolute Gasteiger partial charge is 0.508 e. The molecule has 4 rings (SSSR count). The van der Waals surface area contributed by atoms with Gasteiger partial charge in [0.2, 0.25) is 23.6 Å². The van der Waals surface area contributed by atoms with Gasteiger partial charge in [0.1, 0.15) is 23.9 Å². The molecule has 0 aliphatic heterocycles. The number of nitrogens with one attached hydrogen (secondary N) is 5. The van der Waals surface area contributed by atoms with Crippen LogP contribution in [-0.2, 0) is 43.2 Å². The van der Waals surface area contributed by atoms with Crippen molar-refractivity contribution in [3.63, 3.8) is 0 Å². The quantitative estimate of drug-likeness (QED) is 0.0820. The highest BCUT2D eigenvalue weighted by Crippen LogP contribution is 2.20. The number of benzene rings is 2. The Morgan fingerprint density at radius 3 is 2.11 bits per heavy atom. The lowest BCUT2D eigenvalue weighted by molar-refractivity contribution is -0.143. The van der Waals surface area contributed by atoms with E-state index in [9.17, 15) is 34.2 Å². The number of imidazole rings is 1. The van der Waals surface area contributed by atoms with Gasteiger partial charge in [0.25, 0.3) is 0 Å². The van der Waals surface area contributed by atoms with Gasteiger partial charge >= 0.3 is 5.97 Å². The normalized spacial score (nSPS) is 13.7. The van der Waals surface area contributed by atoms with Gasteiger partial charge in [-0.1, -0.05) is 30.3 Å². The van der Waals surface area contributed by atoms with Crippen molar-refractivity contribution >= 4 is 40.5 Å². The number of carbonyl (C=O) groups is 5. The Hall–Kier alpha value is -5.70. The maximum atomic E-state index is 13.8. The molecule has 0 saturated heterocycles. The molecule has 0 aliphatic carbocycles. The van der Waals surface area contributed by atoms with Gasteiger partial charge in [0.05, 0.1) is 18.8 Å². The number of carboxylic acids is 1. The standard InChI is InChI=1S/C30H34N8O7/c31-21(11-18-14-33-15-35-18)27(41)36-24(10-17-13-34-22-4-2-1-3-20(17)22)29(43)37-23(9-16-5-7-19(39)8-6-16)28(42)38-25(30(44)45)12-26(32)40/h1-8,13-15,21,23-25,34,39H,9-12,31H2,(H2,32,40)(H,33,35)(H,36,41)(H,37,43)(H,38,42)(H,44,45). The Bertz CT molecular complexity index is 1650. The van der Waals surface area contributed by atoms with Gasteiger partial charge in [-0.05, 0) is 29.3 Å². The highest BCUT2D eigenvalue weighted by Gasteiger charge is 2.32. The van der Waals surface area contributed by atoms with Crippen LogP contribution in [0.4, 0.5) is 0 Å². The number of para-hydroxylation sites is 1. The SMILES string of the molecule is NC(=O)CC(NC(=O)C(Cc1ccc(O)cc1)NC(=O)C(Cc1c[nH]c2ccccc12)NC(=O)C(N)Cc1cnc[nH]1)C(=O)O. The number of aromatic amines is 2. The van der Waals surface area contributed by atoms with E-state index < -0.39 is 60.2 Å². The first-order valence-corrected chi connectivity index (χ1v) is 14.0. The van der Waals surface area contributed by atoms with Gasteiger partial charge in [0, 0.05) is 48.3 Å². The predicted octanol–water partition coefficient (Wildman–Crippen LogP) is -0.634. The van der Waals surface area contributed by atoms with Gasteiger partial charge in [0.15, 0.2) is 0 Å². The van der Waals surface area contributed by atoms with E-state index in [2.05, 4.69) is 30.9 Å². The second kappa shape index (κ2) is 14.7. The maximum Gasteiger partial charge on any atom is 0.326 e. The Morgan fingerprint density at radius 2 is 1.47 bits per heavy atom. The Balaban J connectivity index is 1.60. The molecule has 236 valence electrons. The first kappa shape index (κ1) is 32.2. The van der Waals surface area contributed by atoms with Crippen LogP contribution in [0.3, 0.4) is 0 Å². The van der Waals surface area contributed by atoms with Gasteiger partial charge < -0.3 is 47.6 Å². The fourth-order valence-corrected chi connectivity index (χ4v) is 4.76. The molecule has 2 aromatic heterocycles. The third-order valence-corrected chi connectivity index (χ3v) is 7.09. The number of nitrogens with zero attached hydrogens (tertiary/aromatic N) is 1. The minimum atomic E-state index is -1.64. The molecule has 0 fully saturated rings. The Labute approximate surface area is 256 Å². The smallest absolute Gasteiger partial charge is 0.326 e. The molecule has 4 unspecified atom stereocenters. The highest BCUT2D eigenvalue weighted by atomic mass is 16.4. The predicted molar refractivity (Wildman–Crippen MR) is 161 cm³/mol. The molecule has 2 aromatic carbocycles. The first-order chi connectivity index (χ1) is 21.5. The van der Waals surface area contributed by atoms with E-state index in [-0.39, 0.29) is 25.0 Å². The van der Waals surface area contributed by atoms with Crippen molar-refractivity contribution in [1.29, 1.82) is 0 Å². The second-order valence-electron chi connectivity index (χ2n) is 10.5. The lowest BCUT2D eigenvalue weighted by Crippen LogP contribution is -2.58. The minimum absolute atomic E-state index is 0.0192. The zero-order chi connectivity index (χ0) is 32.5. The summed E-state index contributed by atoms with van der Waals surface area (Å²) in [5.74, 6) is -4.75. The number of aromatic hydroxyl groups is 1. The number of hydrogen-bond donors (Lipinski definition) is 9. The van der Waals surface area contributed by atoms with Crippen LogP contribution >= 0.6 is 0 Å². The molecule has 4 amide bonds. The molecule has 0 aliphatic rings. The molecule has 15 nitrogen and oxygen atoms in total. The van der Waals surface area contributed by atoms with E-state index in [4.69, 9.17) is 11.5 Å². The summed E-state index contributed by atoms with van der Waals surface area (Å²) < 4.78 is 0. The van der Waals surface area contributed by atoms with Crippen LogP contribution in [0, 0.1) is 0 Å². The Morgan fingerprint density at radius 1 is 0.822 bits per heavy atom. The summed E-state index contributed by atoms with van der Waals surface area (Å²) in [6.45, 7) is 0. The number of phenolic OH excluding ortho intramolecular Hbond substituents is 1. The molecule has 0 bridgehead atoms. The van der Waals surface area contributed by atoms with E-state index in [1.807, 2.05) is 24.3 Å². The third-order valence-electron chi connectivity index (χ3n) is 7.09. The van der Waals surface area contributed by atoms with E-state index in [1.165, 1.54) is 36.8 Å². The second-order valence-corrected chi connectivity index (χ2v) is 10.5. The molecule has 0 spiro atoms. The molecular weight excluding hydrogens is 584 g/mol. The van der Waals surface area contributed by atoms with Crippen molar-refractivity contribution in [3.05, 3.63) is 84.1 Å². The summed E-state index contributed by atoms with van der Waals surface area (Å²) in [5, 5.41) is 27.6.